The topological polar surface area (TPSA) is 105 Å². The molecule has 0 N–H and O–H groups in total. The van der Waals surface area contributed by atoms with Gasteiger partial charge in [-0.2, -0.15) is 0 Å². The number of rotatable bonds is 12. The van der Waals surface area contributed by atoms with Gasteiger partial charge in [0.1, 0.15) is 23.0 Å². The zero-order chi connectivity index (χ0) is 54.2. The van der Waals surface area contributed by atoms with Crippen LogP contribution in [0.25, 0.3) is 10.8 Å². The highest BCUT2D eigenvalue weighted by atomic mass is 16.5. The van der Waals surface area contributed by atoms with Crippen molar-refractivity contribution in [2.75, 3.05) is 7.11 Å². The van der Waals surface area contributed by atoms with E-state index in [9.17, 15) is 19.2 Å². The SMILES string of the molecule is COc1ccc(C2(c3ccc(OC(=O)c4cccc(C(=O)Oc5ccc(C6(c7ccc(OC(=O)c8ccc9cc(C(C)=O)ccc9c8)cc7)CCCCCCCCCCC6)cc5)c4)cc3)CCCCCCCCCCC2)cc1. The molecule has 0 spiro atoms. The summed E-state index contributed by atoms with van der Waals surface area (Å²) in [5.41, 5.74) is 5.87. The fraction of sp³-hybridized carbons (Fsp3) is 0.371. The van der Waals surface area contributed by atoms with E-state index in [4.69, 9.17) is 18.9 Å². The molecule has 0 heterocycles. The molecule has 2 saturated carbocycles. The van der Waals surface area contributed by atoms with E-state index in [1.165, 1.54) is 94.2 Å². The van der Waals surface area contributed by atoms with Crippen LogP contribution in [0, 0.1) is 0 Å². The van der Waals surface area contributed by atoms with Gasteiger partial charge in [-0.05, 0) is 151 Å². The summed E-state index contributed by atoms with van der Waals surface area (Å²) in [6.07, 6.45) is 25.9. The quantitative estimate of drug-likeness (QED) is 0.0677. The molecule has 0 aliphatic heterocycles. The number of benzene rings is 7. The Morgan fingerprint density at radius 3 is 0.923 bits per heavy atom. The maximum atomic E-state index is 13.8. The second-order valence-corrected chi connectivity index (χ2v) is 21.9. The molecule has 0 bridgehead atoms. The van der Waals surface area contributed by atoms with Crippen LogP contribution in [-0.4, -0.2) is 30.8 Å². The number of carbonyl (C=O) groups excluding carboxylic acids is 4. The normalized spacial score (nSPS) is 16.6. The summed E-state index contributed by atoms with van der Waals surface area (Å²) in [7, 11) is 1.70. The number of fused-ring (bicyclic) bond motifs is 1. The molecule has 7 aromatic carbocycles. The first kappa shape index (κ1) is 55.4. The minimum absolute atomic E-state index is 0.00573. The van der Waals surface area contributed by atoms with Gasteiger partial charge in [0.2, 0.25) is 0 Å². The van der Waals surface area contributed by atoms with E-state index < -0.39 is 17.9 Å². The summed E-state index contributed by atoms with van der Waals surface area (Å²) in [5.74, 6) is 0.575. The number of hydrogen-bond donors (Lipinski definition) is 0. The summed E-state index contributed by atoms with van der Waals surface area (Å²) < 4.78 is 23.4. The van der Waals surface area contributed by atoms with Crippen LogP contribution in [0.1, 0.15) is 212 Å². The standard InChI is InChI=1S/C70H76O8/c1-51(71)52-24-25-54-49-57(27-26-53(54)48-52)68(74)78-65-42-34-61(35-43-65)70(46-19-15-11-7-4-8-12-16-20-47-70)60-32-40-64(41-33-60)77-67(73)56-23-21-22-55(50-56)66(72)76-63-38-30-59(31-39-63)69(58-28-36-62(75-2)37-29-58)44-17-13-9-5-3-6-10-14-18-45-69/h21-43,48-50H,3-20,44-47H2,1-2H3. The molecular formula is C70H76O8. The van der Waals surface area contributed by atoms with Crippen LogP contribution >= 0.6 is 0 Å². The number of methoxy groups -OCH3 is 1. The summed E-state index contributed by atoms with van der Waals surface area (Å²) in [5, 5.41) is 1.74. The van der Waals surface area contributed by atoms with Crippen LogP contribution in [0.15, 0.2) is 158 Å². The van der Waals surface area contributed by atoms with E-state index >= 15 is 0 Å². The van der Waals surface area contributed by atoms with Crippen LogP contribution in [0.3, 0.4) is 0 Å². The molecule has 404 valence electrons. The van der Waals surface area contributed by atoms with Crippen LogP contribution in [-0.2, 0) is 10.8 Å². The Morgan fingerprint density at radius 1 is 0.321 bits per heavy atom. The second-order valence-electron chi connectivity index (χ2n) is 21.9. The largest absolute Gasteiger partial charge is 0.497 e. The van der Waals surface area contributed by atoms with Gasteiger partial charge < -0.3 is 18.9 Å². The van der Waals surface area contributed by atoms with Crippen molar-refractivity contribution >= 4 is 34.5 Å². The highest BCUT2D eigenvalue weighted by Crippen LogP contribution is 2.45. The highest BCUT2D eigenvalue weighted by molar-refractivity contribution is 6.01. The van der Waals surface area contributed by atoms with Crippen molar-refractivity contribution in [1.29, 1.82) is 0 Å². The van der Waals surface area contributed by atoms with Gasteiger partial charge in [-0.25, -0.2) is 14.4 Å². The van der Waals surface area contributed by atoms with Crippen molar-refractivity contribution in [3.63, 3.8) is 0 Å². The van der Waals surface area contributed by atoms with Crippen molar-refractivity contribution < 1.29 is 38.1 Å². The first-order valence-electron chi connectivity index (χ1n) is 28.9. The van der Waals surface area contributed by atoms with E-state index in [-0.39, 0.29) is 27.7 Å². The third-order valence-corrected chi connectivity index (χ3v) is 16.7. The molecule has 9 rings (SSSR count). The molecule has 8 nitrogen and oxygen atoms in total. The van der Waals surface area contributed by atoms with E-state index in [0.717, 1.165) is 91.9 Å². The van der Waals surface area contributed by atoms with Gasteiger partial charge in [0, 0.05) is 16.4 Å². The van der Waals surface area contributed by atoms with Gasteiger partial charge in [0.05, 0.1) is 23.8 Å². The molecule has 0 radical (unpaired) electrons. The van der Waals surface area contributed by atoms with Crippen molar-refractivity contribution in [2.24, 2.45) is 0 Å². The van der Waals surface area contributed by atoms with Crippen molar-refractivity contribution in [2.45, 2.75) is 159 Å². The van der Waals surface area contributed by atoms with Crippen molar-refractivity contribution in [3.8, 4) is 23.0 Å². The van der Waals surface area contributed by atoms with Crippen molar-refractivity contribution in [3.05, 3.63) is 202 Å². The Hall–Kier alpha value is -7.32. The first-order chi connectivity index (χ1) is 38.1. The molecule has 78 heavy (non-hydrogen) atoms. The Kier molecular flexibility index (Phi) is 19.1. The number of ketones is 1. The lowest BCUT2D eigenvalue weighted by Crippen LogP contribution is -2.28. The average Bonchev–Trinajstić information content (AvgIpc) is 3.49. The number of hydrogen-bond acceptors (Lipinski definition) is 8. The van der Waals surface area contributed by atoms with Crippen LogP contribution < -0.4 is 18.9 Å². The molecule has 0 aromatic heterocycles. The van der Waals surface area contributed by atoms with Crippen LogP contribution in [0.5, 0.6) is 23.0 Å². The molecule has 7 aromatic rings. The Balaban J connectivity index is 0.886. The smallest absolute Gasteiger partial charge is 0.343 e. The third-order valence-electron chi connectivity index (χ3n) is 16.7. The third kappa shape index (κ3) is 13.9. The number of ether oxygens (including phenoxy) is 4. The highest BCUT2D eigenvalue weighted by Gasteiger charge is 2.35. The van der Waals surface area contributed by atoms with Gasteiger partial charge in [-0.1, -0.05) is 188 Å². The summed E-state index contributed by atoms with van der Waals surface area (Å²) in [6, 6.07) is 49.9. The predicted molar refractivity (Wildman–Crippen MR) is 311 cm³/mol. The molecule has 2 fully saturated rings. The van der Waals surface area contributed by atoms with Gasteiger partial charge in [0.25, 0.3) is 0 Å². The van der Waals surface area contributed by atoms with E-state index in [0.29, 0.717) is 28.4 Å². The molecule has 0 unspecified atom stereocenters. The zero-order valence-corrected chi connectivity index (χ0v) is 45.8. The summed E-state index contributed by atoms with van der Waals surface area (Å²) in [4.78, 5) is 52.9. The number of carbonyl (C=O) groups is 4. The number of Topliss-reactive ketones (excluding diaryl/α,β-unsaturated/α-hetero) is 1. The molecule has 0 atom stereocenters. The van der Waals surface area contributed by atoms with Crippen LogP contribution in [0.2, 0.25) is 0 Å². The summed E-state index contributed by atoms with van der Waals surface area (Å²) >= 11 is 0. The average molecular weight is 1050 g/mol. The minimum Gasteiger partial charge on any atom is -0.497 e. The van der Waals surface area contributed by atoms with Crippen molar-refractivity contribution in [1.82, 2.24) is 0 Å². The molecule has 8 heteroatoms. The first-order valence-corrected chi connectivity index (χ1v) is 28.9. The van der Waals surface area contributed by atoms with E-state index in [2.05, 4.69) is 60.7 Å². The molecule has 2 aliphatic carbocycles. The molecule has 2 aliphatic rings. The Morgan fingerprint density at radius 2 is 0.603 bits per heavy atom. The van der Waals surface area contributed by atoms with Crippen LogP contribution in [0.4, 0.5) is 0 Å². The van der Waals surface area contributed by atoms with Gasteiger partial charge in [-0.3, -0.25) is 4.79 Å². The summed E-state index contributed by atoms with van der Waals surface area (Å²) in [6.45, 7) is 1.54. The molecular weight excluding hydrogens is 969 g/mol. The number of esters is 3. The molecule has 0 saturated heterocycles. The molecule has 0 amide bonds. The Bertz CT molecular complexity index is 3090. The maximum Gasteiger partial charge on any atom is 0.343 e. The van der Waals surface area contributed by atoms with Gasteiger partial charge in [0.15, 0.2) is 5.78 Å². The minimum atomic E-state index is -0.570. The fourth-order valence-corrected chi connectivity index (χ4v) is 12.2. The van der Waals surface area contributed by atoms with Gasteiger partial charge >= 0.3 is 17.9 Å². The second kappa shape index (κ2) is 26.8. The maximum absolute atomic E-state index is 13.8. The van der Waals surface area contributed by atoms with E-state index in [1.807, 2.05) is 54.6 Å². The lowest BCUT2D eigenvalue weighted by molar-refractivity contribution is 0.0721. The monoisotopic (exact) mass is 1040 g/mol. The van der Waals surface area contributed by atoms with E-state index in [1.54, 1.807) is 50.4 Å². The van der Waals surface area contributed by atoms with Gasteiger partial charge in [-0.15, -0.1) is 0 Å². The Labute approximate surface area is 461 Å². The fourth-order valence-electron chi connectivity index (χ4n) is 12.2. The predicted octanol–water partition coefficient (Wildman–Crippen LogP) is 17.9. The lowest BCUT2D eigenvalue weighted by Gasteiger charge is -2.36. The lowest BCUT2D eigenvalue weighted by atomic mass is 9.67. The zero-order valence-electron chi connectivity index (χ0n) is 45.8.